The molecule has 0 aliphatic heterocycles. The highest BCUT2D eigenvalue weighted by atomic mass is 16.3. The van der Waals surface area contributed by atoms with Crippen LogP contribution in [-0.4, -0.2) is 26.4 Å². The van der Waals surface area contributed by atoms with Gasteiger partial charge in [0.2, 0.25) is 5.91 Å². The fraction of sp³-hybridized carbons (Fsp3) is 0.545. The van der Waals surface area contributed by atoms with Crippen molar-refractivity contribution in [2.24, 2.45) is 17.3 Å². The topological polar surface area (TPSA) is 67.2 Å². The molecule has 4 aliphatic carbocycles. The molecule has 4 aliphatic rings. The molecule has 2 atom stereocenters. The quantitative estimate of drug-likeness (QED) is 0.855. The van der Waals surface area contributed by atoms with Crippen molar-refractivity contribution in [2.45, 2.75) is 57.1 Å². The number of benzene rings is 1. The van der Waals surface area contributed by atoms with E-state index in [1.54, 1.807) is 6.20 Å². The van der Waals surface area contributed by atoms with Gasteiger partial charge in [-0.25, -0.2) is 4.68 Å². The molecule has 1 aromatic carbocycles. The maximum Gasteiger partial charge on any atom is 0.220 e. The zero-order valence-corrected chi connectivity index (χ0v) is 15.6. The SMILES string of the molecule is O=C(CC12CC3CC(CC(O)(C3)C1)C2)NCc1ccc(-n2cccn2)cc1. The fourth-order valence-electron chi connectivity index (χ4n) is 6.40. The van der Waals surface area contributed by atoms with Crippen molar-refractivity contribution < 1.29 is 9.90 Å². The fourth-order valence-corrected chi connectivity index (χ4v) is 6.40. The van der Waals surface area contributed by atoms with E-state index < -0.39 is 5.60 Å². The van der Waals surface area contributed by atoms with Gasteiger partial charge in [-0.1, -0.05) is 12.1 Å². The minimum Gasteiger partial charge on any atom is -0.390 e. The van der Waals surface area contributed by atoms with Gasteiger partial charge in [-0.2, -0.15) is 5.10 Å². The van der Waals surface area contributed by atoms with Gasteiger partial charge in [0.05, 0.1) is 11.3 Å². The summed E-state index contributed by atoms with van der Waals surface area (Å²) in [7, 11) is 0. The lowest BCUT2D eigenvalue weighted by Gasteiger charge is -2.60. The highest BCUT2D eigenvalue weighted by Gasteiger charge is 2.57. The number of amides is 1. The van der Waals surface area contributed by atoms with E-state index in [4.69, 9.17) is 0 Å². The molecule has 4 bridgehead atoms. The first-order chi connectivity index (χ1) is 13.0. The Labute approximate surface area is 159 Å². The van der Waals surface area contributed by atoms with Crippen LogP contribution in [0.1, 0.15) is 50.5 Å². The largest absolute Gasteiger partial charge is 0.390 e. The second kappa shape index (κ2) is 6.20. The van der Waals surface area contributed by atoms with Crippen molar-refractivity contribution in [3.05, 3.63) is 48.3 Å². The van der Waals surface area contributed by atoms with Crippen molar-refractivity contribution in [3.63, 3.8) is 0 Å². The zero-order valence-electron chi connectivity index (χ0n) is 15.6. The average Bonchev–Trinajstić information content (AvgIpc) is 3.12. The van der Waals surface area contributed by atoms with Gasteiger partial charge in [-0.05, 0) is 79.5 Å². The Bertz CT molecular complexity index is 814. The van der Waals surface area contributed by atoms with Crippen LogP contribution < -0.4 is 5.32 Å². The van der Waals surface area contributed by atoms with E-state index in [-0.39, 0.29) is 11.3 Å². The summed E-state index contributed by atoms with van der Waals surface area (Å²) in [6, 6.07) is 10.00. The van der Waals surface area contributed by atoms with Gasteiger partial charge in [0, 0.05) is 25.4 Å². The second-order valence-electron chi connectivity index (χ2n) is 9.26. The van der Waals surface area contributed by atoms with Crippen LogP contribution in [0.5, 0.6) is 0 Å². The van der Waals surface area contributed by atoms with Crippen molar-refractivity contribution in [3.8, 4) is 5.69 Å². The van der Waals surface area contributed by atoms with Crippen LogP contribution in [0.25, 0.3) is 5.69 Å². The van der Waals surface area contributed by atoms with Crippen molar-refractivity contribution in [2.75, 3.05) is 0 Å². The van der Waals surface area contributed by atoms with E-state index in [1.807, 2.05) is 41.2 Å². The molecular formula is C22H27N3O2. The highest BCUT2D eigenvalue weighted by molar-refractivity contribution is 5.76. The van der Waals surface area contributed by atoms with Crippen molar-refractivity contribution in [1.29, 1.82) is 0 Å². The van der Waals surface area contributed by atoms with Crippen LogP contribution in [0.4, 0.5) is 0 Å². The molecule has 2 N–H and O–H groups in total. The second-order valence-corrected chi connectivity index (χ2v) is 9.26. The van der Waals surface area contributed by atoms with Crippen LogP contribution in [0, 0.1) is 17.3 Å². The molecule has 27 heavy (non-hydrogen) atoms. The van der Waals surface area contributed by atoms with E-state index in [2.05, 4.69) is 10.4 Å². The number of nitrogens with zero attached hydrogens (tertiary/aromatic N) is 2. The predicted molar refractivity (Wildman–Crippen MR) is 102 cm³/mol. The number of carbonyl (C=O) groups is 1. The van der Waals surface area contributed by atoms with Crippen LogP contribution >= 0.6 is 0 Å². The van der Waals surface area contributed by atoms with Crippen LogP contribution in [0.2, 0.25) is 0 Å². The summed E-state index contributed by atoms with van der Waals surface area (Å²) in [4.78, 5) is 12.7. The molecule has 1 heterocycles. The smallest absolute Gasteiger partial charge is 0.220 e. The number of aromatic nitrogens is 2. The summed E-state index contributed by atoms with van der Waals surface area (Å²) in [6.07, 6.45) is 10.5. The number of nitrogens with one attached hydrogen (secondary N) is 1. The average molecular weight is 365 g/mol. The van der Waals surface area contributed by atoms with Gasteiger partial charge in [-0.15, -0.1) is 0 Å². The van der Waals surface area contributed by atoms with Gasteiger partial charge in [0.15, 0.2) is 0 Å². The maximum absolute atomic E-state index is 12.7. The van der Waals surface area contributed by atoms with Crippen LogP contribution in [0.3, 0.4) is 0 Å². The molecule has 5 heteroatoms. The predicted octanol–water partition coefficient (Wildman–Crippen LogP) is 3.21. The number of carbonyl (C=O) groups excluding carboxylic acids is 1. The molecule has 2 aromatic rings. The monoisotopic (exact) mass is 365 g/mol. The van der Waals surface area contributed by atoms with Gasteiger partial charge in [0.1, 0.15) is 0 Å². The number of hydrogen-bond acceptors (Lipinski definition) is 3. The third-order valence-electron chi connectivity index (χ3n) is 6.88. The van der Waals surface area contributed by atoms with E-state index in [1.165, 1.54) is 6.42 Å². The Hall–Kier alpha value is -2.14. The molecule has 0 radical (unpaired) electrons. The summed E-state index contributed by atoms with van der Waals surface area (Å²) in [6.45, 7) is 0.547. The lowest BCUT2D eigenvalue weighted by molar-refractivity contribution is -0.169. The molecule has 4 saturated carbocycles. The molecule has 5 nitrogen and oxygen atoms in total. The normalized spacial score (nSPS) is 34.0. The van der Waals surface area contributed by atoms with Gasteiger partial charge in [0.25, 0.3) is 0 Å². The first kappa shape index (κ1) is 17.0. The molecule has 0 spiro atoms. The first-order valence-electron chi connectivity index (χ1n) is 10.1. The number of hydrogen-bond donors (Lipinski definition) is 2. The van der Waals surface area contributed by atoms with E-state index in [0.717, 1.165) is 43.4 Å². The third kappa shape index (κ3) is 3.29. The molecular weight excluding hydrogens is 338 g/mol. The van der Waals surface area contributed by atoms with Crippen molar-refractivity contribution in [1.82, 2.24) is 15.1 Å². The van der Waals surface area contributed by atoms with Gasteiger partial charge >= 0.3 is 0 Å². The Balaban J connectivity index is 1.19. The van der Waals surface area contributed by atoms with Crippen molar-refractivity contribution >= 4 is 5.91 Å². The molecule has 1 aromatic heterocycles. The standard InChI is InChI=1S/C22H27N3O2/c26-20(13-21-9-17-8-18(10-21)12-22(27,11-17)15-21)23-14-16-2-4-19(5-3-16)25-7-1-6-24-25/h1-7,17-18,27H,8-15H2,(H,23,26). The maximum atomic E-state index is 12.7. The van der Waals surface area contributed by atoms with Crippen LogP contribution in [-0.2, 0) is 11.3 Å². The molecule has 4 fully saturated rings. The molecule has 2 unspecified atom stereocenters. The Kier molecular flexibility index (Phi) is 3.90. The first-order valence-corrected chi connectivity index (χ1v) is 10.1. The lowest BCUT2D eigenvalue weighted by Crippen LogP contribution is -2.56. The molecule has 1 amide bonds. The van der Waals surface area contributed by atoms with Crippen LogP contribution in [0.15, 0.2) is 42.7 Å². The lowest BCUT2D eigenvalue weighted by atomic mass is 9.47. The summed E-state index contributed by atoms with van der Waals surface area (Å²) in [5.41, 5.74) is 1.64. The Morgan fingerprint density at radius 1 is 1.19 bits per heavy atom. The van der Waals surface area contributed by atoms with E-state index in [0.29, 0.717) is 24.8 Å². The highest BCUT2D eigenvalue weighted by Crippen LogP contribution is 2.62. The Morgan fingerprint density at radius 2 is 1.93 bits per heavy atom. The molecule has 142 valence electrons. The summed E-state index contributed by atoms with van der Waals surface area (Å²) < 4.78 is 1.82. The third-order valence-corrected chi connectivity index (χ3v) is 6.88. The molecule has 0 saturated heterocycles. The number of aliphatic hydroxyl groups is 1. The Morgan fingerprint density at radius 3 is 2.56 bits per heavy atom. The molecule has 6 rings (SSSR count). The van der Waals surface area contributed by atoms with Gasteiger partial charge in [-0.3, -0.25) is 4.79 Å². The van der Waals surface area contributed by atoms with E-state index >= 15 is 0 Å². The van der Waals surface area contributed by atoms with Gasteiger partial charge < -0.3 is 10.4 Å². The number of rotatable bonds is 5. The summed E-state index contributed by atoms with van der Waals surface area (Å²) >= 11 is 0. The summed E-state index contributed by atoms with van der Waals surface area (Å²) in [5, 5.41) is 18.2. The minimum atomic E-state index is -0.493. The zero-order chi connectivity index (χ0) is 18.5. The summed E-state index contributed by atoms with van der Waals surface area (Å²) in [5.74, 6) is 1.37. The van der Waals surface area contributed by atoms with E-state index in [9.17, 15) is 9.90 Å². The minimum absolute atomic E-state index is 0.0346.